The van der Waals surface area contributed by atoms with E-state index in [2.05, 4.69) is 122 Å². The maximum atomic E-state index is 11.7. The van der Waals surface area contributed by atoms with Crippen molar-refractivity contribution in [2.45, 2.75) is 117 Å². The number of hydrogen-bond acceptors (Lipinski definition) is 3. The van der Waals surface area contributed by atoms with Crippen molar-refractivity contribution in [3.05, 3.63) is 61.5 Å². The molecule has 3 nitrogen and oxygen atoms in total. The maximum absolute atomic E-state index is 11.7. The molecule has 1 aromatic heterocycles. The van der Waals surface area contributed by atoms with Gasteiger partial charge in [0.05, 0.1) is 11.8 Å². The molecule has 0 saturated heterocycles. The number of benzene rings is 1. The van der Waals surface area contributed by atoms with Crippen LogP contribution in [-0.4, -0.2) is 18.4 Å². The number of halogens is 1. The quantitative estimate of drug-likeness (QED) is 0.263. The van der Waals surface area contributed by atoms with Crippen LogP contribution in [-0.2, 0) is 10.8 Å². The van der Waals surface area contributed by atoms with E-state index in [1.165, 1.54) is 11.1 Å². The highest BCUT2D eigenvalue weighted by Gasteiger charge is 2.44. The number of rotatable bonds is 6. The third-order valence-electron chi connectivity index (χ3n) is 8.00. The summed E-state index contributed by atoms with van der Waals surface area (Å²) in [4.78, 5) is 5.27. The number of aromatic nitrogens is 1. The second-order valence-electron chi connectivity index (χ2n) is 13.4. The van der Waals surface area contributed by atoms with Gasteiger partial charge in [-0.15, -0.1) is 0 Å². The van der Waals surface area contributed by atoms with Crippen molar-refractivity contribution in [2.75, 3.05) is 0 Å². The molecule has 0 fully saturated rings. The zero-order valence-corrected chi connectivity index (χ0v) is 26.9. The van der Waals surface area contributed by atoms with E-state index < -0.39 is 14.4 Å². The molecule has 1 aliphatic carbocycles. The van der Waals surface area contributed by atoms with Gasteiger partial charge < -0.3 is 9.53 Å². The number of aliphatic hydroxyl groups excluding tert-OH is 1. The molecule has 35 heavy (non-hydrogen) atoms. The van der Waals surface area contributed by atoms with Gasteiger partial charge in [-0.05, 0) is 81.9 Å². The van der Waals surface area contributed by atoms with Gasteiger partial charge in [0.2, 0.25) is 0 Å². The van der Waals surface area contributed by atoms with Gasteiger partial charge in [-0.2, -0.15) is 0 Å². The fourth-order valence-electron chi connectivity index (χ4n) is 4.80. The van der Waals surface area contributed by atoms with Crippen molar-refractivity contribution >= 4 is 30.9 Å². The van der Waals surface area contributed by atoms with Gasteiger partial charge in [-0.3, -0.25) is 4.98 Å². The molecule has 1 aliphatic rings. The fraction of sp³-hybridized carbons (Fsp3) is 0.633. The molecule has 1 aromatic carbocycles. The molecule has 0 radical (unpaired) electrons. The molecular formula is C30H46INO2Si. The first-order valence-electron chi connectivity index (χ1n) is 13.1. The van der Waals surface area contributed by atoms with E-state index in [0.717, 1.165) is 38.9 Å². The van der Waals surface area contributed by atoms with E-state index >= 15 is 0 Å². The summed E-state index contributed by atoms with van der Waals surface area (Å²) >= 11 is 2.48. The molecule has 2 atom stereocenters. The Bertz CT molecular complexity index is 1050. The molecule has 0 saturated carbocycles. The van der Waals surface area contributed by atoms with Gasteiger partial charge >= 0.3 is 0 Å². The minimum Gasteiger partial charge on any atom is -0.410 e. The van der Waals surface area contributed by atoms with E-state index in [1.807, 2.05) is 0 Å². The molecule has 3 rings (SSSR count). The lowest BCUT2D eigenvalue weighted by Crippen LogP contribution is -2.44. The molecule has 0 unspecified atom stereocenters. The Hall–Kier alpha value is -0.763. The lowest BCUT2D eigenvalue weighted by atomic mass is 9.74. The lowest BCUT2D eigenvalue weighted by molar-refractivity contribution is 0.104. The van der Waals surface area contributed by atoms with Crippen LogP contribution in [0.5, 0.6) is 0 Å². The molecular weight excluding hydrogens is 561 g/mol. The van der Waals surface area contributed by atoms with Gasteiger partial charge in [0.15, 0.2) is 8.32 Å². The molecule has 0 bridgehead atoms. The summed E-state index contributed by atoms with van der Waals surface area (Å²) in [6, 6.07) is 8.43. The van der Waals surface area contributed by atoms with Crippen molar-refractivity contribution < 1.29 is 9.53 Å². The Balaban J connectivity index is 2.18. The minimum atomic E-state index is -2.00. The highest BCUT2D eigenvalue weighted by atomic mass is 127. The number of hydrogen-bond donors (Lipinski definition) is 1. The Morgan fingerprint density at radius 1 is 1.03 bits per heavy atom. The third kappa shape index (κ3) is 6.05. The normalized spacial score (nSPS) is 19.2. The lowest BCUT2D eigenvalue weighted by Gasteiger charge is -2.44. The summed E-state index contributed by atoms with van der Waals surface area (Å²) in [6.07, 6.45) is 1.21. The van der Waals surface area contributed by atoms with E-state index in [0.29, 0.717) is 5.92 Å². The maximum Gasteiger partial charge on any atom is 0.192 e. The zero-order chi connectivity index (χ0) is 26.5. The SMILES string of the molecule is CC(C)c1ccc([C@H](O)c2c(C(C)C)nc3c(c2I)[C@@H](O[Si](C)(C)C(C)(C)C)CC(C)(C)C3)cc1. The molecule has 0 aliphatic heterocycles. The fourth-order valence-corrected chi connectivity index (χ4v) is 7.30. The van der Waals surface area contributed by atoms with Crippen molar-refractivity contribution in [3.63, 3.8) is 0 Å². The second-order valence-corrected chi connectivity index (χ2v) is 19.2. The van der Waals surface area contributed by atoms with Crippen LogP contribution in [0, 0.1) is 8.99 Å². The van der Waals surface area contributed by atoms with Crippen LogP contribution in [0.3, 0.4) is 0 Å². The molecule has 1 heterocycles. The first kappa shape index (κ1) is 28.8. The van der Waals surface area contributed by atoms with Gasteiger partial charge in [-0.25, -0.2) is 0 Å². The largest absolute Gasteiger partial charge is 0.410 e. The van der Waals surface area contributed by atoms with Crippen LogP contribution < -0.4 is 0 Å². The number of nitrogens with zero attached hydrogens (tertiary/aromatic N) is 1. The predicted molar refractivity (Wildman–Crippen MR) is 159 cm³/mol. The highest BCUT2D eigenvalue weighted by molar-refractivity contribution is 14.1. The number of pyridine rings is 1. The Kier molecular flexibility index (Phi) is 8.38. The van der Waals surface area contributed by atoms with Gasteiger partial charge in [0.1, 0.15) is 6.10 Å². The smallest absolute Gasteiger partial charge is 0.192 e. The molecule has 194 valence electrons. The van der Waals surface area contributed by atoms with E-state index in [9.17, 15) is 5.11 Å². The van der Waals surface area contributed by atoms with Crippen molar-refractivity contribution in [3.8, 4) is 0 Å². The Morgan fingerprint density at radius 3 is 2.06 bits per heavy atom. The number of fused-ring (bicyclic) bond motifs is 1. The average molecular weight is 608 g/mol. The first-order chi connectivity index (χ1) is 15.9. The van der Waals surface area contributed by atoms with E-state index in [1.54, 1.807) is 0 Å². The summed E-state index contributed by atoms with van der Waals surface area (Å²) in [7, 11) is -2.00. The Morgan fingerprint density at radius 2 is 1.57 bits per heavy atom. The minimum absolute atomic E-state index is 0.00419. The molecule has 2 aromatic rings. The summed E-state index contributed by atoms with van der Waals surface area (Å²) in [5.41, 5.74) is 6.67. The van der Waals surface area contributed by atoms with Gasteiger partial charge in [0.25, 0.3) is 0 Å². The topological polar surface area (TPSA) is 42.4 Å². The van der Waals surface area contributed by atoms with Gasteiger partial charge in [-0.1, -0.05) is 86.6 Å². The molecule has 0 amide bonds. The molecule has 5 heteroatoms. The number of aliphatic hydroxyl groups is 1. The van der Waals surface area contributed by atoms with Crippen molar-refractivity contribution in [1.82, 2.24) is 4.98 Å². The van der Waals surface area contributed by atoms with E-state index in [-0.39, 0.29) is 22.5 Å². The van der Waals surface area contributed by atoms with Crippen LogP contribution >= 0.6 is 22.6 Å². The summed E-state index contributed by atoms with van der Waals surface area (Å²) in [6.45, 7) is 25.0. The van der Waals surface area contributed by atoms with E-state index in [4.69, 9.17) is 9.41 Å². The van der Waals surface area contributed by atoms with Crippen LogP contribution in [0.4, 0.5) is 0 Å². The highest BCUT2D eigenvalue weighted by Crippen LogP contribution is 2.50. The second kappa shape index (κ2) is 10.2. The van der Waals surface area contributed by atoms with Crippen LogP contribution in [0.1, 0.15) is 126 Å². The van der Waals surface area contributed by atoms with Crippen molar-refractivity contribution in [1.29, 1.82) is 0 Å². The van der Waals surface area contributed by atoms with Crippen LogP contribution in [0.2, 0.25) is 18.1 Å². The van der Waals surface area contributed by atoms with Gasteiger partial charge in [0, 0.05) is 20.4 Å². The Labute approximate surface area is 228 Å². The van der Waals surface area contributed by atoms with Crippen LogP contribution in [0.15, 0.2) is 24.3 Å². The first-order valence-corrected chi connectivity index (χ1v) is 17.1. The molecule has 0 spiro atoms. The third-order valence-corrected chi connectivity index (χ3v) is 13.7. The predicted octanol–water partition coefficient (Wildman–Crippen LogP) is 9.05. The summed E-state index contributed by atoms with van der Waals surface area (Å²) < 4.78 is 8.22. The summed E-state index contributed by atoms with van der Waals surface area (Å²) in [5.74, 6) is 0.688. The average Bonchev–Trinajstić information content (AvgIpc) is 2.70. The standard InChI is InChI=1S/C30H46INO2Si/c1-18(2)20-12-14-21(15-13-20)28(33)25-26(31)24-22(32-27(25)19(3)4)16-30(8,9)17-23(24)34-35(10,11)29(5,6)7/h12-15,18-19,23,28,33H,16-17H2,1-11H3/t23-,28-/m0/s1. The summed E-state index contributed by atoms with van der Waals surface area (Å²) in [5, 5.41) is 11.8. The zero-order valence-electron chi connectivity index (χ0n) is 23.7. The monoisotopic (exact) mass is 607 g/mol. The van der Waals surface area contributed by atoms with Crippen LogP contribution in [0.25, 0.3) is 0 Å². The molecule has 1 N–H and O–H groups in total. The van der Waals surface area contributed by atoms with Crippen molar-refractivity contribution in [2.24, 2.45) is 5.41 Å².